The van der Waals surface area contributed by atoms with Gasteiger partial charge in [-0.15, -0.1) is 0 Å². The van der Waals surface area contributed by atoms with Crippen molar-refractivity contribution >= 4 is 21.5 Å². The molecule has 186 valence electrons. The van der Waals surface area contributed by atoms with Crippen molar-refractivity contribution in [2.24, 2.45) is 5.14 Å². The third-order valence-electron chi connectivity index (χ3n) is 6.40. The molecule has 1 aliphatic rings. The van der Waals surface area contributed by atoms with Crippen LogP contribution in [-0.2, 0) is 10.0 Å². The standard InChI is InChI=1S/C26H32N4O4S/c1-4-34-26-8-6-5-7-24(26)29-15-13-28(14-16-29)18-25(31)23-17-19(2)30(20(23)3)21-9-11-22(12-10-21)35(27,32)33/h5-12,17H,4,13-16,18H2,1-3H3,(H2,27,32,33). The van der Waals surface area contributed by atoms with Crippen molar-refractivity contribution in [2.75, 3.05) is 44.2 Å². The van der Waals surface area contributed by atoms with E-state index >= 15 is 0 Å². The van der Waals surface area contributed by atoms with Gasteiger partial charge in [0.05, 0.1) is 23.7 Å². The van der Waals surface area contributed by atoms with Crippen LogP contribution in [0.15, 0.2) is 59.5 Å². The first kappa shape index (κ1) is 25.0. The number of ether oxygens (including phenoxy) is 1. The molecule has 4 rings (SSSR count). The number of anilines is 1. The van der Waals surface area contributed by atoms with E-state index in [0.29, 0.717) is 18.7 Å². The maximum absolute atomic E-state index is 13.2. The molecule has 9 heteroatoms. The zero-order valence-electron chi connectivity index (χ0n) is 20.4. The summed E-state index contributed by atoms with van der Waals surface area (Å²) in [5.74, 6) is 0.970. The molecular formula is C26H32N4O4S. The van der Waals surface area contributed by atoms with E-state index in [0.717, 1.165) is 54.7 Å². The fourth-order valence-electron chi connectivity index (χ4n) is 4.66. The number of hydrogen-bond acceptors (Lipinski definition) is 6. The Morgan fingerprint density at radius 3 is 2.29 bits per heavy atom. The summed E-state index contributed by atoms with van der Waals surface area (Å²) in [6.45, 7) is 10.1. The Morgan fingerprint density at radius 1 is 1.00 bits per heavy atom. The topological polar surface area (TPSA) is 97.9 Å². The zero-order chi connectivity index (χ0) is 25.2. The van der Waals surface area contributed by atoms with Gasteiger partial charge in [-0.05, 0) is 63.2 Å². The molecule has 2 aromatic carbocycles. The number of hydrogen-bond donors (Lipinski definition) is 1. The van der Waals surface area contributed by atoms with Gasteiger partial charge in [0.25, 0.3) is 0 Å². The van der Waals surface area contributed by atoms with Crippen molar-refractivity contribution in [3.05, 3.63) is 71.5 Å². The van der Waals surface area contributed by atoms with Crippen LogP contribution in [0.1, 0.15) is 28.7 Å². The van der Waals surface area contributed by atoms with Crippen LogP contribution in [0, 0.1) is 13.8 Å². The van der Waals surface area contributed by atoms with E-state index in [1.807, 2.05) is 49.6 Å². The number of Topliss-reactive ketones (excluding diaryl/α,β-unsaturated/α-hetero) is 1. The van der Waals surface area contributed by atoms with Crippen LogP contribution in [0.5, 0.6) is 5.75 Å². The lowest BCUT2D eigenvalue weighted by molar-refractivity contribution is 0.0925. The lowest BCUT2D eigenvalue weighted by atomic mass is 10.1. The fourth-order valence-corrected chi connectivity index (χ4v) is 5.17. The first-order chi connectivity index (χ1) is 16.7. The van der Waals surface area contributed by atoms with Crippen LogP contribution in [0.2, 0.25) is 0 Å². The second-order valence-electron chi connectivity index (χ2n) is 8.75. The van der Waals surface area contributed by atoms with E-state index in [1.165, 1.54) is 12.1 Å². The van der Waals surface area contributed by atoms with E-state index in [1.54, 1.807) is 12.1 Å². The maximum Gasteiger partial charge on any atom is 0.238 e. The molecule has 35 heavy (non-hydrogen) atoms. The predicted octanol–water partition coefficient (Wildman–Crippen LogP) is 3.15. The SMILES string of the molecule is CCOc1ccccc1N1CCN(CC(=O)c2cc(C)n(-c3ccc(S(N)(=O)=O)cc3)c2C)CC1. The number of piperazine rings is 1. The molecule has 2 heterocycles. The van der Waals surface area contributed by atoms with E-state index in [9.17, 15) is 13.2 Å². The van der Waals surface area contributed by atoms with Crippen LogP contribution in [-0.4, -0.2) is 63.0 Å². The Balaban J connectivity index is 1.43. The van der Waals surface area contributed by atoms with E-state index in [4.69, 9.17) is 9.88 Å². The molecule has 0 unspecified atom stereocenters. The van der Waals surface area contributed by atoms with Gasteiger partial charge < -0.3 is 14.2 Å². The minimum absolute atomic E-state index is 0.0584. The van der Waals surface area contributed by atoms with Crippen molar-refractivity contribution in [3.8, 4) is 11.4 Å². The van der Waals surface area contributed by atoms with Crippen LogP contribution in [0.25, 0.3) is 5.69 Å². The molecule has 0 aliphatic carbocycles. The van der Waals surface area contributed by atoms with Crippen molar-refractivity contribution in [2.45, 2.75) is 25.7 Å². The van der Waals surface area contributed by atoms with Crippen molar-refractivity contribution in [1.82, 2.24) is 9.47 Å². The van der Waals surface area contributed by atoms with Crippen molar-refractivity contribution in [3.63, 3.8) is 0 Å². The summed E-state index contributed by atoms with van der Waals surface area (Å²) in [5, 5.41) is 5.21. The lowest BCUT2D eigenvalue weighted by Crippen LogP contribution is -2.48. The summed E-state index contributed by atoms with van der Waals surface area (Å²) in [4.78, 5) is 17.8. The van der Waals surface area contributed by atoms with E-state index < -0.39 is 10.0 Å². The highest BCUT2D eigenvalue weighted by Gasteiger charge is 2.24. The number of carbonyl (C=O) groups is 1. The van der Waals surface area contributed by atoms with Gasteiger partial charge in [0, 0.05) is 48.8 Å². The highest BCUT2D eigenvalue weighted by molar-refractivity contribution is 7.89. The third-order valence-corrected chi connectivity index (χ3v) is 7.33. The number of primary sulfonamides is 1. The maximum atomic E-state index is 13.2. The highest BCUT2D eigenvalue weighted by Crippen LogP contribution is 2.29. The Morgan fingerprint density at radius 2 is 1.66 bits per heavy atom. The molecule has 1 fully saturated rings. The summed E-state index contributed by atoms with van der Waals surface area (Å²) in [6, 6.07) is 16.3. The minimum atomic E-state index is -3.75. The van der Waals surface area contributed by atoms with Crippen LogP contribution < -0.4 is 14.8 Å². The van der Waals surface area contributed by atoms with Crippen LogP contribution in [0.3, 0.4) is 0 Å². The number of ketones is 1. The average Bonchev–Trinajstić information content (AvgIpc) is 3.13. The molecule has 1 aliphatic heterocycles. The average molecular weight is 497 g/mol. The zero-order valence-corrected chi connectivity index (χ0v) is 21.2. The van der Waals surface area contributed by atoms with Gasteiger partial charge >= 0.3 is 0 Å². The second kappa shape index (κ2) is 10.2. The Labute approximate surface area is 207 Å². The molecule has 2 N–H and O–H groups in total. The highest BCUT2D eigenvalue weighted by atomic mass is 32.2. The Hall–Kier alpha value is -3.14. The van der Waals surface area contributed by atoms with Gasteiger partial charge in [-0.2, -0.15) is 0 Å². The predicted molar refractivity (Wildman–Crippen MR) is 137 cm³/mol. The largest absolute Gasteiger partial charge is 0.492 e. The number of benzene rings is 2. The number of aryl methyl sites for hydroxylation is 1. The van der Waals surface area contributed by atoms with Crippen molar-refractivity contribution in [1.29, 1.82) is 0 Å². The number of nitrogens with two attached hydrogens (primary N) is 1. The molecule has 0 bridgehead atoms. The van der Waals surface area contributed by atoms with Gasteiger partial charge in [0.2, 0.25) is 10.0 Å². The Bertz CT molecular complexity index is 1310. The molecule has 0 amide bonds. The molecule has 1 saturated heterocycles. The molecule has 1 aromatic heterocycles. The summed E-state index contributed by atoms with van der Waals surface area (Å²) in [6.07, 6.45) is 0. The van der Waals surface area contributed by atoms with Crippen LogP contribution >= 0.6 is 0 Å². The molecule has 8 nitrogen and oxygen atoms in total. The number of carbonyl (C=O) groups excluding carboxylic acids is 1. The molecule has 3 aromatic rings. The number of rotatable bonds is 8. The second-order valence-corrected chi connectivity index (χ2v) is 10.3. The number of nitrogens with zero attached hydrogens (tertiary/aromatic N) is 3. The third kappa shape index (κ3) is 5.42. The number of aromatic nitrogens is 1. The summed E-state index contributed by atoms with van der Waals surface area (Å²) < 4.78 is 30.9. The first-order valence-electron chi connectivity index (χ1n) is 11.7. The minimum Gasteiger partial charge on any atom is -0.492 e. The number of sulfonamides is 1. The van der Waals surface area contributed by atoms with Crippen molar-refractivity contribution < 1.29 is 17.9 Å². The lowest BCUT2D eigenvalue weighted by Gasteiger charge is -2.36. The first-order valence-corrected chi connectivity index (χ1v) is 13.3. The number of para-hydroxylation sites is 2. The fraction of sp³-hybridized carbons (Fsp3) is 0.346. The quantitative estimate of drug-likeness (QED) is 0.481. The summed E-state index contributed by atoms with van der Waals surface area (Å²) >= 11 is 0. The smallest absolute Gasteiger partial charge is 0.238 e. The van der Waals surface area contributed by atoms with Gasteiger partial charge in [0.15, 0.2) is 5.78 Å². The van der Waals surface area contributed by atoms with Gasteiger partial charge in [-0.25, -0.2) is 13.6 Å². The molecule has 0 saturated carbocycles. The van der Waals surface area contributed by atoms with Crippen LogP contribution in [0.4, 0.5) is 5.69 Å². The molecule has 0 radical (unpaired) electrons. The van der Waals surface area contributed by atoms with Gasteiger partial charge in [0.1, 0.15) is 5.75 Å². The monoisotopic (exact) mass is 496 g/mol. The molecule has 0 atom stereocenters. The van der Waals surface area contributed by atoms with E-state index in [-0.39, 0.29) is 10.7 Å². The molecular weight excluding hydrogens is 464 g/mol. The normalized spacial score (nSPS) is 14.8. The van der Waals surface area contributed by atoms with Gasteiger partial charge in [-0.1, -0.05) is 12.1 Å². The summed E-state index contributed by atoms with van der Waals surface area (Å²) in [7, 11) is -3.75. The summed E-state index contributed by atoms with van der Waals surface area (Å²) in [5.41, 5.74) is 4.30. The van der Waals surface area contributed by atoms with E-state index in [2.05, 4.69) is 15.9 Å². The van der Waals surface area contributed by atoms with Gasteiger partial charge in [-0.3, -0.25) is 9.69 Å². The molecule has 0 spiro atoms. The Kier molecular flexibility index (Phi) is 7.30.